The number of Topliss-reactive ketones (excluding diaryl/α,β-unsaturated/α-hetero) is 1. The molecule has 2 aromatic rings. The van der Waals surface area contributed by atoms with E-state index in [4.69, 9.17) is 14.2 Å². The molecule has 0 radical (unpaired) electrons. The van der Waals surface area contributed by atoms with Crippen LogP contribution < -0.4 is 4.74 Å². The van der Waals surface area contributed by atoms with E-state index < -0.39 is 89.6 Å². The normalized spacial score (nSPS) is 29.7. The van der Waals surface area contributed by atoms with Gasteiger partial charge < -0.3 is 44.6 Å². The Morgan fingerprint density at radius 2 is 1.88 bits per heavy atom. The van der Waals surface area contributed by atoms with Crippen LogP contribution in [0.2, 0.25) is 0 Å². The molecule has 4 aliphatic rings. The summed E-state index contributed by atoms with van der Waals surface area (Å²) in [6.07, 6.45) is 0.0782. The van der Waals surface area contributed by atoms with Gasteiger partial charge >= 0.3 is 0 Å². The molecule has 5 N–H and O–H groups in total. The molecule has 0 amide bonds. The predicted octanol–water partition coefficient (Wildman–Crippen LogP) is 1.26. The van der Waals surface area contributed by atoms with Crippen molar-refractivity contribution in [2.45, 2.75) is 68.9 Å². The van der Waals surface area contributed by atoms with Gasteiger partial charge in [-0.2, -0.15) is 0 Å². The number of ketones is 3. The molecule has 0 saturated carbocycles. The fourth-order valence-corrected chi connectivity index (χ4v) is 6.81. The fourth-order valence-electron chi connectivity index (χ4n) is 6.81. The molecule has 0 aromatic heterocycles. The van der Waals surface area contributed by atoms with Gasteiger partial charge in [0.25, 0.3) is 0 Å². The summed E-state index contributed by atoms with van der Waals surface area (Å²) in [5.41, 5.74) is -3.49. The molecule has 6 atom stereocenters. The molecule has 0 spiro atoms. The lowest BCUT2D eigenvalue weighted by molar-refractivity contribution is -0.256. The van der Waals surface area contributed by atoms with Crippen LogP contribution in [0.15, 0.2) is 30.5 Å². The zero-order chi connectivity index (χ0) is 30.8. The van der Waals surface area contributed by atoms with E-state index in [1.54, 1.807) is 6.92 Å². The van der Waals surface area contributed by atoms with Crippen LogP contribution in [0.3, 0.4) is 0 Å². The summed E-state index contributed by atoms with van der Waals surface area (Å²) < 4.78 is 17.5. The summed E-state index contributed by atoms with van der Waals surface area (Å²) in [7, 11) is 1.34. The molecule has 2 aliphatic heterocycles. The average Bonchev–Trinajstić information content (AvgIpc) is 3.53. The van der Waals surface area contributed by atoms with E-state index in [1.807, 2.05) is 17.2 Å². The van der Waals surface area contributed by atoms with Crippen molar-refractivity contribution in [3.8, 4) is 17.2 Å². The van der Waals surface area contributed by atoms with E-state index in [9.17, 15) is 39.9 Å². The minimum absolute atomic E-state index is 0.0399. The van der Waals surface area contributed by atoms with Crippen LogP contribution in [-0.4, -0.2) is 98.2 Å². The van der Waals surface area contributed by atoms with Crippen LogP contribution >= 0.6 is 0 Å². The van der Waals surface area contributed by atoms with Crippen molar-refractivity contribution >= 4 is 17.3 Å². The number of ether oxygens (including phenoxy) is 3. The number of rotatable bonds is 6. The third-order valence-electron chi connectivity index (χ3n) is 9.01. The van der Waals surface area contributed by atoms with Gasteiger partial charge in [-0.05, 0) is 25.6 Å². The Kier molecular flexibility index (Phi) is 7.30. The predicted molar refractivity (Wildman–Crippen MR) is 148 cm³/mol. The lowest BCUT2D eigenvalue weighted by Crippen LogP contribution is -2.54. The summed E-state index contributed by atoms with van der Waals surface area (Å²) in [5.74, 6) is -3.66. The van der Waals surface area contributed by atoms with Gasteiger partial charge in [0, 0.05) is 42.5 Å². The third kappa shape index (κ3) is 4.52. The minimum Gasteiger partial charge on any atom is -0.507 e. The van der Waals surface area contributed by atoms with Gasteiger partial charge in [-0.25, -0.2) is 0 Å². The second-order valence-corrected chi connectivity index (χ2v) is 11.5. The number of hydrogen-bond acceptors (Lipinski definition) is 12. The number of nitrogens with zero attached hydrogens (tertiary/aromatic N) is 1. The van der Waals surface area contributed by atoms with Crippen LogP contribution in [0, 0.1) is 0 Å². The van der Waals surface area contributed by atoms with Crippen molar-refractivity contribution in [1.29, 1.82) is 0 Å². The van der Waals surface area contributed by atoms with Gasteiger partial charge in [-0.15, -0.1) is 0 Å². The summed E-state index contributed by atoms with van der Waals surface area (Å²) in [6, 6.07) is 4.04. The quantitative estimate of drug-likeness (QED) is 0.258. The van der Waals surface area contributed by atoms with Crippen LogP contribution in [0.25, 0.3) is 0 Å². The molecule has 12 nitrogen and oxygen atoms in total. The first kappa shape index (κ1) is 29.3. The highest BCUT2D eigenvalue weighted by molar-refractivity contribution is 6.31. The first-order chi connectivity index (χ1) is 20.5. The summed E-state index contributed by atoms with van der Waals surface area (Å²) in [5, 5.41) is 55.0. The standard InChI is InChI=1S/C31H33NO11/c1-14-26(35)17(32-8-3-4-9-32)10-21(42-14)43-19-12-31(40,20(34)13-33)11-16-23(19)30(39)25-24(28(16)37)27(36)15-6-5-7-18(41-2)22(15)29(25)38/h3,5-8,14,17,19,21,26,33,35,37,39-40H,4,9-13H2,1-2H3/t14-,17-,19-,21-,26+,31-/m0/s1. The maximum atomic E-state index is 13.8. The number of aliphatic hydroxyl groups excluding tert-OH is 2. The smallest absolute Gasteiger partial charge is 0.202 e. The van der Waals surface area contributed by atoms with Crippen LogP contribution in [0.5, 0.6) is 17.2 Å². The Bertz CT molecular complexity index is 1550. The number of phenols is 2. The highest BCUT2D eigenvalue weighted by Gasteiger charge is 2.50. The van der Waals surface area contributed by atoms with Gasteiger partial charge in [-0.3, -0.25) is 14.4 Å². The highest BCUT2D eigenvalue weighted by Crippen LogP contribution is 2.52. The number of aromatic hydroxyl groups is 2. The van der Waals surface area contributed by atoms with Gasteiger partial charge in [-0.1, -0.05) is 18.2 Å². The maximum absolute atomic E-state index is 13.8. The lowest BCUT2D eigenvalue weighted by Gasteiger charge is -2.44. The van der Waals surface area contributed by atoms with Gasteiger partial charge in [0.1, 0.15) is 35.6 Å². The van der Waals surface area contributed by atoms with Crippen molar-refractivity contribution < 1.29 is 54.1 Å². The molecule has 43 heavy (non-hydrogen) atoms. The van der Waals surface area contributed by atoms with E-state index in [-0.39, 0.29) is 40.5 Å². The number of hydrogen-bond donors (Lipinski definition) is 5. The average molecular weight is 596 g/mol. The van der Waals surface area contributed by atoms with Crippen molar-refractivity contribution in [3.05, 3.63) is 63.9 Å². The van der Waals surface area contributed by atoms with E-state index in [0.29, 0.717) is 6.54 Å². The molecule has 0 unspecified atom stereocenters. The first-order valence-corrected chi connectivity index (χ1v) is 14.2. The first-order valence-electron chi connectivity index (χ1n) is 14.2. The van der Waals surface area contributed by atoms with Crippen LogP contribution in [-0.2, 0) is 20.7 Å². The van der Waals surface area contributed by atoms with Crippen molar-refractivity contribution in [2.75, 3.05) is 20.3 Å². The highest BCUT2D eigenvalue weighted by atomic mass is 16.7. The Balaban J connectivity index is 1.47. The Hall–Kier alpha value is -3.81. The molecule has 228 valence electrons. The van der Waals surface area contributed by atoms with Crippen LogP contribution in [0.4, 0.5) is 0 Å². The fraction of sp³-hybridized carbons (Fsp3) is 0.452. The number of fused-ring (bicyclic) bond motifs is 3. The molecule has 6 rings (SSSR count). The zero-order valence-corrected chi connectivity index (χ0v) is 23.6. The molecule has 1 fully saturated rings. The summed E-state index contributed by atoms with van der Waals surface area (Å²) in [6.45, 7) is 1.37. The molecule has 0 bridgehead atoms. The lowest BCUT2D eigenvalue weighted by atomic mass is 9.72. The van der Waals surface area contributed by atoms with Gasteiger partial charge in [0.15, 0.2) is 17.9 Å². The van der Waals surface area contributed by atoms with Crippen LogP contribution in [0.1, 0.15) is 75.3 Å². The van der Waals surface area contributed by atoms with Crippen molar-refractivity contribution in [2.24, 2.45) is 0 Å². The molecule has 2 aromatic carbocycles. The monoisotopic (exact) mass is 595 g/mol. The van der Waals surface area contributed by atoms with Gasteiger partial charge in [0.2, 0.25) is 5.78 Å². The minimum atomic E-state index is -2.23. The number of phenolic OH excluding ortho intramolecular Hbond substituents is 2. The number of carbonyl (C=O) groups excluding carboxylic acids is 3. The van der Waals surface area contributed by atoms with E-state index >= 15 is 0 Å². The maximum Gasteiger partial charge on any atom is 0.202 e. The number of methoxy groups -OCH3 is 1. The molecule has 1 saturated heterocycles. The zero-order valence-electron chi connectivity index (χ0n) is 23.6. The van der Waals surface area contributed by atoms with E-state index in [0.717, 1.165) is 6.42 Å². The molecular weight excluding hydrogens is 562 g/mol. The SMILES string of the molecule is COc1cccc2c1C(=O)c1c(O)c3c(c(O)c1C2=O)C[C@@](O)(C(=O)CO)C[C@@H]3O[C@H]1C[C@H](N2C=CCC2)[C@H](O)[C@H](C)O1. The molecule has 12 heteroatoms. The third-order valence-corrected chi connectivity index (χ3v) is 9.01. The van der Waals surface area contributed by atoms with Crippen molar-refractivity contribution in [1.82, 2.24) is 4.90 Å². The second kappa shape index (κ2) is 10.7. The number of benzene rings is 2. The molecule has 2 heterocycles. The number of aliphatic hydroxyl groups is 3. The molecular formula is C31H33NO11. The van der Waals surface area contributed by atoms with E-state index in [2.05, 4.69) is 0 Å². The Morgan fingerprint density at radius 3 is 2.56 bits per heavy atom. The second-order valence-electron chi connectivity index (χ2n) is 11.5. The van der Waals surface area contributed by atoms with Gasteiger partial charge in [0.05, 0.1) is 42.0 Å². The van der Waals surface area contributed by atoms with E-state index in [1.165, 1.54) is 25.3 Å². The molecule has 2 aliphatic carbocycles. The summed E-state index contributed by atoms with van der Waals surface area (Å²) in [4.78, 5) is 42.2. The summed E-state index contributed by atoms with van der Waals surface area (Å²) >= 11 is 0. The topological polar surface area (TPSA) is 183 Å². The Morgan fingerprint density at radius 1 is 1.14 bits per heavy atom. The largest absolute Gasteiger partial charge is 0.507 e. The number of carbonyl (C=O) groups is 3. The van der Waals surface area contributed by atoms with Crippen molar-refractivity contribution in [3.63, 3.8) is 0 Å². The Labute approximate surface area is 246 Å².